The Morgan fingerprint density at radius 2 is 2.55 bits per heavy atom. The largest absolute Gasteiger partial charge is 0.336 e. The van der Waals surface area contributed by atoms with Crippen LogP contribution in [-0.2, 0) is 4.79 Å². The van der Waals surface area contributed by atoms with Crippen LogP contribution in [0, 0.1) is 11.5 Å². The van der Waals surface area contributed by atoms with E-state index in [-0.39, 0.29) is 19.0 Å². The molecule has 3 aliphatic rings. The number of hydrogen-bond donors (Lipinski definition) is 0. The van der Waals surface area contributed by atoms with Crippen LogP contribution < -0.4 is 0 Å². The molecule has 1 amide bonds. The summed E-state index contributed by atoms with van der Waals surface area (Å²) in [6.07, 6.45) is 9.13. The number of halogens is 1. The third-order valence-corrected chi connectivity index (χ3v) is 5.16. The predicted octanol–water partition coefficient (Wildman–Crippen LogP) is 1.70. The van der Waals surface area contributed by atoms with Crippen molar-refractivity contribution in [3.05, 3.63) is 23.1 Å². The highest BCUT2D eigenvalue weighted by Gasteiger charge is 2.47. The second kappa shape index (κ2) is 5.76. The molecule has 0 radical (unpaired) electrons. The monoisotopic (exact) mass is 320 g/mol. The van der Waals surface area contributed by atoms with Gasteiger partial charge >= 0.3 is 0 Å². The van der Waals surface area contributed by atoms with Crippen molar-refractivity contribution in [3.63, 3.8) is 0 Å². The lowest BCUT2D eigenvalue weighted by molar-refractivity contribution is -0.140. The third kappa shape index (κ3) is 2.75. The average molecular weight is 320 g/mol. The van der Waals surface area contributed by atoms with Crippen molar-refractivity contribution in [1.29, 1.82) is 5.26 Å². The summed E-state index contributed by atoms with van der Waals surface area (Å²) in [6.45, 7) is 0.453. The topological polar surface area (TPSA) is 59.7 Å². The first-order valence-corrected chi connectivity index (χ1v) is 8.04. The van der Waals surface area contributed by atoms with Crippen LogP contribution in [0.3, 0.4) is 0 Å². The van der Waals surface area contributed by atoms with Crippen molar-refractivity contribution in [2.45, 2.75) is 24.6 Å². The molecule has 0 aromatic rings. The van der Waals surface area contributed by atoms with Gasteiger partial charge in [-0.15, -0.1) is 0 Å². The van der Waals surface area contributed by atoms with Crippen LogP contribution in [0.4, 0.5) is 4.39 Å². The second-order valence-electron chi connectivity index (χ2n) is 5.74. The molecule has 7 heteroatoms. The number of carbonyl (C=O) groups is 1. The number of nitriles is 1. The molecule has 3 rings (SSSR count). The number of alkyl halides is 1. The molecule has 1 saturated heterocycles. The number of carbonyl (C=O) groups excluding carboxylic acids is 1. The number of likely N-dealkylation sites (tertiary alicyclic amines) is 1. The van der Waals surface area contributed by atoms with Gasteiger partial charge in [0.15, 0.2) is 6.19 Å². The molecule has 1 aliphatic carbocycles. The Kier molecular flexibility index (Phi) is 3.96. The number of thioether (sulfide) groups is 1. The zero-order valence-electron chi connectivity index (χ0n) is 12.3. The molecule has 116 valence electrons. The van der Waals surface area contributed by atoms with E-state index in [1.165, 1.54) is 14.7 Å². The van der Waals surface area contributed by atoms with E-state index in [0.717, 1.165) is 11.5 Å². The fourth-order valence-electron chi connectivity index (χ4n) is 2.86. The zero-order valence-corrected chi connectivity index (χ0v) is 13.1. The first-order chi connectivity index (χ1) is 10.5. The van der Waals surface area contributed by atoms with Gasteiger partial charge in [0.05, 0.1) is 24.2 Å². The van der Waals surface area contributed by atoms with E-state index in [1.54, 1.807) is 18.8 Å². The average Bonchev–Trinajstić information content (AvgIpc) is 3.09. The van der Waals surface area contributed by atoms with Crippen LogP contribution in [0.2, 0.25) is 0 Å². The summed E-state index contributed by atoms with van der Waals surface area (Å²) in [5.41, 5.74) is -1.96. The van der Waals surface area contributed by atoms with Crippen molar-refractivity contribution in [2.24, 2.45) is 4.99 Å². The van der Waals surface area contributed by atoms with Crippen LogP contribution in [0.15, 0.2) is 28.1 Å². The molecule has 5 nitrogen and oxygen atoms in total. The fourth-order valence-corrected chi connectivity index (χ4v) is 3.98. The van der Waals surface area contributed by atoms with Gasteiger partial charge in [0, 0.05) is 24.9 Å². The molecule has 0 N–H and O–H groups in total. The Labute approximate surface area is 133 Å². The van der Waals surface area contributed by atoms with Gasteiger partial charge in [-0.3, -0.25) is 9.79 Å². The van der Waals surface area contributed by atoms with Gasteiger partial charge in [-0.05, 0) is 6.42 Å². The lowest BCUT2D eigenvalue weighted by atomic mass is 10.0. The molecule has 0 spiro atoms. The normalized spacial score (nSPS) is 29.7. The quantitative estimate of drug-likeness (QED) is 0.586. The van der Waals surface area contributed by atoms with E-state index in [4.69, 9.17) is 5.26 Å². The summed E-state index contributed by atoms with van der Waals surface area (Å²) < 4.78 is 14.7. The van der Waals surface area contributed by atoms with E-state index in [1.807, 2.05) is 6.19 Å². The maximum Gasteiger partial charge on any atom is 0.262 e. The minimum atomic E-state index is -1.96. The number of aliphatic imine (C=N–C) groups is 1. The van der Waals surface area contributed by atoms with Gasteiger partial charge in [0.2, 0.25) is 5.67 Å². The minimum absolute atomic E-state index is 0.0668. The molecule has 1 unspecified atom stereocenters. The molecular formula is C15H17FN4OS. The van der Waals surface area contributed by atoms with Crippen LogP contribution in [0.5, 0.6) is 0 Å². The molecule has 1 fully saturated rings. The van der Waals surface area contributed by atoms with Crippen molar-refractivity contribution in [1.82, 2.24) is 9.80 Å². The number of nitrogens with zero attached hydrogens (tertiary/aromatic N) is 4. The van der Waals surface area contributed by atoms with Crippen LogP contribution in [-0.4, -0.2) is 59.1 Å². The van der Waals surface area contributed by atoms with Crippen molar-refractivity contribution >= 4 is 22.7 Å². The Morgan fingerprint density at radius 3 is 3.23 bits per heavy atom. The van der Waals surface area contributed by atoms with Gasteiger partial charge in [-0.2, -0.15) is 5.26 Å². The highest BCUT2D eigenvalue weighted by atomic mass is 32.2. The molecule has 2 atom stereocenters. The highest BCUT2D eigenvalue weighted by molar-refractivity contribution is 8.17. The Hall–Kier alpha value is -1.81. The zero-order chi connectivity index (χ0) is 15.7. The summed E-state index contributed by atoms with van der Waals surface area (Å²) in [4.78, 5) is 20.8. The predicted molar refractivity (Wildman–Crippen MR) is 83.9 cm³/mol. The maximum absolute atomic E-state index is 14.7. The van der Waals surface area contributed by atoms with E-state index in [9.17, 15) is 9.18 Å². The fraction of sp³-hybridized carbons (Fsp3) is 0.533. The summed E-state index contributed by atoms with van der Waals surface area (Å²) >= 11 is 1.57. The lowest BCUT2D eigenvalue weighted by Gasteiger charge is -2.25. The SMILES string of the molecule is CN(CC1=N[C@@H]2C=CCC=C2S1)C(=O)C1(F)CCN(C#N)C1. The Morgan fingerprint density at radius 1 is 1.73 bits per heavy atom. The minimum Gasteiger partial charge on any atom is -0.336 e. The van der Waals surface area contributed by atoms with Crippen LogP contribution in [0.1, 0.15) is 12.8 Å². The van der Waals surface area contributed by atoms with Gasteiger partial charge in [0.25, 0.3) is 5.91 Å². The Balaban J connectivity index is 1.63. The van der Waals surface area contributed by atoms with Crippen molar-refractivity contribution in [3.8, 4) is 6.19 Å². The van der Waals surface area contributed by atoms with Gasteiger partial charge in [0.1, 0.15) is 0 Å². The molecular weight excluding hydrogens is 303 g/mol. The van der Waals surface area contributed by atoms with E-state index in [0.29, 0.717) is 13.1 Å². The molecule has 0 aromatic heterocycles. The number of rotatable bonds is 3. The van der Waals surface area contributed by atoms with Crippen LogP contribution in [0.25, 0.3) is 0 Å². The van der Waals surface area contributed by atoms with Crippen LogP contribution >= 0.6 is 11.8 Å². The van der Waals surface area contributed by atoms with E-state index >= 15 is 0 Å². The number of hydrogen-bond acceptors (Lipinski definition) is 5. The molecule has 2 heterocycles. The number of allylic oxidation sites excluding steroid dienone is 2. The molecule has 22 heavy (non-hydrogen) atoms. The number of fused-ring (bicyclic) bond motifs is 1. The van der Waals surface area contributed by atoms with E-state index in [2.05, 4.69) is 23.2 Å². The summed E-state index contributed by atoms with van der Waals surface area (Å²) in [5, 5.41) is 9.65. The lowest BCUT2D eigenvalue weighted by Crippen LogP contribution is -2.47. The smallest absolute Gasteiger partial charge is 0.262 e. The first-order valence-electron chi connectivity index (χ1n) is 7.22. The van der Waals surface area contributed by atoms with Gasteiger partial charge in [-0.1, -0.05) is 30.0 Å². The highest BCUT2D eigenvalue weighted by Crippen LogP contribution is 2.35. The molecule has 0 saturated carbocycles. The van der Waals surface area contributed by atoms with Crippen molar-refractivity contribution in [2.75, 3.05) is 26.7 Å². The molecule has 0 aromatic carbocycles. The van der Waals surface area contributed by atoms with Gasteiger partial charge in [-0.25, -0.2) is 4.39 Å². The first kappa shape index (κ1) is 15.1. The molecule has 2 aliphatic heterocycles. The summed E-state index contributed by atoms with van der Waals surface area (Å²) in [7, 11) is 1.59. The number of amides is 1. The molecule has 0 bridgehead atoms. The third-order valence-electron chi connectivity index (χ3n) is 4.05. The van der Waals surface area contributed by atoms with Crippen molar-refractivity contribution < 1.29 is 9.18 Å². The van der Waals surface area contributed by atoms with E-state index < -0.39 is 11.6 Å². The van der Waals surface area contributed by atoms with Gasteiger partial charge < -0.3 is 9.80 Å². The summed E-state index contributed by atoms with van der Waals surface area (Å²) in [6, 6.07) is 0.0668. The Bertz CT molecular complexity index is 624. The summed E-state index contributed by atoms with van der Waals surface area (Å²) in [5.74, 6) is -0.562. The second-order valence-corrected chi connectivity index (χ2v) is 6.88. The maximum atomic E-state index is 14.7. The standard InChI is InChI=1S/C15H17FN4OS/c1-19(14(21)15(16)6-7-20(9-15)10-17)8-13-18-11-4-2-3-5-12(11)22-13/h2,4-5,11H,3,6-9H2,1H3/t11-,15?/m1/s1.